The van der Waals surface area contributed by atoms with Crippen LogP contribution < -0.4 is 25.5 Å². The summed E-state index contributed by atoms with van der Waals surface area (Å²) < 4.78 is 54.7. The Morgan fingerprint density at radius 3 is 2.02 bits per heavy atom. The number of benzene rings is 2. The van der Waals surface area contributed by atoms with E-state index < -0.39 is 89.5 Å². The Bertz CT molecular complexity index is 2020. The van der Waals surface area contributed by atoms with Gasteiger partial charge in [-0.1, -0.05) is 0 Å². The number of hydrogen-bond acceptors (Lipinski definition) is 17. The summed E-state index contributed by atoms with van der Waals surface area (Å²) in [7, 11) is 0. The summed E-state index contributed by atoms with van der Waals surface area (Å²) >= 11 is 0. The highest BCUT2D eigenvalue weighted by molar-refractivity contribution is 6.22. The average molecular weight is 644 g/mol. The van der Waals surface area contributed by atoms with Crippen LogP contribution in [0.3, 0.4) is 0 Å². The van der Waals surface area contributed by atoms with E-state index in [1.54, 1.807) is 0 Å². The second-order valence-electron chi connectivity index (χ2n) is 10.3. The van der Waals surface area contributed by atoms with Crippen LogP contribution >= 0.6 is 0 Å². The summed E-state index contributed by atoms with van der Waals surface area (Å²) in [4.78, 5) is 74.2. The first kappa shape index (κ1) is 30.4. The third kappa shape index (κ3) is 5.23. The number of ether oxygens (including phenoxy) is 8. The van der Waals surface area contributed by atoms with Gasteiger partial charge in [0, 0.05) is 38.5 Å². The predicted molar refractivity (Wildman–Crippen MR) is 148 cm³/mol. The molecule has 0 saturated carbocycles. The van der Waals surface area contributed by atoms with Crippen molar-refractivity contribution in [1.29, 1.82) is 0 Å². The van der Waals surface area contributed by atoms with Crippen LogP contribution in [0.2, 0.25) is 0 Å². The molecule has 1 saturated heterocycles. The van der Waals surface area contributed by atoms with Gasteiger partial charge >= 0.3 is 35.1 Å². The van der Waals surface area contributed by atoms with Crippen LogP contribution in [0.4, 0.5) is 0 Å². The van der Waals surface area contributed by atoms with Gasteiger partial charge < -0.3 is 51.8 Å². The SMILES string of the molecule is CC(=O)OC[C@H]1O[C@@H](Oc2cc3c(=O)oc4c5c(cc6c(=O)oc(c2O)c3c46)OCO5)[C@H](OC(C)=O)[C@@H](OC(C)=O)[C@@H]1OC(C)=O. The van der Waals surface area contributed by atoms with Crippen molar-refractivity contribution >= 4 is 56.6 Å². The highest BCUT2D eigenvalue weighted by Gasteiger charge is 2.53. The topological polar surface area (TPSA) is 223 Å². The van der Waals surface area contributed by atoms with Crippen LogP contribution in [0.1, 0.15) is 27.7 Å². The van der Waals surface area contributed by atoms with Crippen molar-refractivity contribution in [3.63, 3.8) is 0 Å². The van der Waals surface area contributed by atoms with Gasteiger partial charge in [-0.2, -0.15) is 0 Å². The maximum atomic E-state index is 13.3. The number of phenols is 1. The summed E-state index contributed by atoms with van der Waals surface area (Å²) in [5.74, 6) is -4.41. The zero-order chi connectivity index (χ0) is 33.0. The molecule has 0 amide bonds. The monoisotopic (exact) mass is 644 g/mol. The molecule has 1 fully saturated rings. The minimum atomic E-state index is -1.77. The first-order chi connectivity index (χ1) is 21.8. The molecule has 46 heavy (non-hydrogen) atoms. The maximum absolute atomic E-state index is 13.3. The standard InChI is InChI=1S/C29H24O17/c1-9(30)37-7-17-22(40-10(2)31)25(41-11(3)32)26(42-12(4)33)29(44-17)43-15-5-13-18-19-14(27(35)45-23(18)20(15)34)6-16-21(39-8-38-16)24(19)46-28(13)36/h5-6,17,22,25-26,29,34H,7-8H2,1-4H3/t17-,22-,25+,26-,29-/m1/s1. The number of rotatable bonds is 7. The molecule has 0 radical (unpaired) electrons. The number of carbonyl (C=O) groups excluding carboxylic acids is 4. The Labute approximate surface area is 255 Å². The summed E-state index contributed by atoms with van der Waals surface area (Å²) in [6.07, 6.45) is -7.85. The van der Waals surface area contributed by atoms with Gasteiger partial charge in [0.2, 0.25) is 30.7 Å². The number of esters is 4. The lowest BCUT2D eigenvalue weighted by atomic mass is 9.98. The van der Waals surface area contributed by atoms with Gasteiger partial charge in [0.1, 0.15) is 12.7 Å². The van der Waals surface area contributed by atoms with Gasteiger partial charge in [-0.05, 0) is 12.1 Å². The third-order valence-electron chi connectivity index (χ3n) is 7.11. The molecule has 17 heteroatoms. The number of phenolic OH excluding ortho intramolecular Hbond substituents is 1. The van der Waals surface area contributed by atoms with E-state index in [4.69, 9.17) is 46.7 Å². The lowest BCUT2D eigenvalue weighted by molar-refractivity contribution is -0.288. The Morgan fingerprint density at radius 1 is 0.783 bits per heavy atom. The zero-order valence-electron chi connectivity index (χ0n) is 24.4. The third-order valence-corrected chi connectivity index (χ3v) is 7.11. The lowest BCUT2D eigenvalue weighted by Crippen LogP contribution is -2.63. The second kappa shape index (κ2) is 11.4. The molecule has 242 valence electrons. The molecule has 5 atom stereocenters. The van der Waals surface area contributed by atoms with Crippen molar-refractivity contribution in [2.24, 2.45) is 0 Å². The molecule has 0 aliphatic carbocycles. The van der Waals surface area contributed by atoms with E-state index in [-0.39, 0.29) is 45.4 Å². The van der Waals surface area contributed by atoms with Crippen molar-refractivity contribution < 1.29 is 71.0 Å². The van der Waals surface area contributed by atoms with E-state index >= 15 is 0 Å². The number of aromatic hydroxyl groups is 1. The van der Waals surface area contributed by atoms with Gasteiger partial charge in [-0.25, -0.2) is 9.59 Å². The van der Waals surface area contributed by atoms with Gasteiger partial charge in [0.25, 0.3) is 0 Å². The number of hydrogen-bond donors (Lipinski definition) is 1. The molecule has 17 nitrogen and oxygen atoms in total. The van der Waals surface area contributed by atoms with Crippen molar-refractivity contribution in [3.05, 3.63) is 33.0 Å². The van der Waals surface area contributed by atoms with Gasteiger partial charge in [-0.15, -0.1) is 0 Å². The van der Waals surface area contributed by atoms with E-state index in [9.17, 15) is 33.9 Å². The fourth-order valence-corrected chi connectivity index (χ4v) is 5.45. The van der Waals surface area contributed by atoms with E-state index in [0.29, 0.717) is 0 Å². The maximum Gasteiger partial charge on any atom is 0.344 e. The fraction of sp³-hybridized carbons (Fsp3) is 0.379. The predicted octanol–water partition coefficient (Wildman–Crippen LogP) is 1.39. The van der Waals surface area contributed by atoms with Crippen molar-refractivity contribution in [3.8, 4) is 23.0 Å². The Hall–Kier alpha value is -5.58. The van der Waals surface area contributed by atoms with Crippen LogP contribution in [0.25, 0.3) is 32.7 Å². The Balaban J connectivity index is 1.50. The zero-order valence-corrected chi connectivity index (χ0v) is 24.4. The number of fused-ring (bicyclic) bond motifs is 2. The first-order valence-corrected chi connectivity index (χ1v) is 13.6. The molecule has 1 N–H and O–H groups in total. The molecule has 2 aliphatic heterocycles. The summed E-state index contributed by atoms with van der Waals surface area (Å²) in [6.45, 7) is 3.51. The quantitative estimate of drug-likeness (QED) is 0.130. The first-order valence-electron chi connectivity index (χ1n) is 13.6. The van der Waals surface area contributed by atoms with E-state index in [2.05, 4.69) is 0 Å². The minimum Gasteiger partial charge on any atom is -0.502 e. The van der Waals surface area contributed by atoms with Gasteiger partial charge in [0.05, 0.1) is 10.8 Å². The highest BCUT2D eigenvalue weighted by atomic mass is 16.7. The Kier molecular flexibility index (Phi) is 7.55. The molecular formula is C29H24O17. The van der Waals surface area contributed by atoms with Crippen LogP contribution in [0.15, 0.2) is 30.6 Å². The smallest absolute Gasteiger partial charge is 0.344 e. The Morgan fingerprint density at radius 2 is 1.37 bits per heavy atom. The summed E-state index contributed by atoms with van der Waals surface area (Å²) in [5, 5.41) is 11.2. The number of carbonyl (C=O) groups is 4. The van der Waals surface area contributed by atoms with Crippen molar-refractivity contribution in [2.45, 2.75) is 58.4 Å². The normalized spacial score (nSPS) is 22.1. The van der Waals surface area contributed by atoms with Crippen LogP contribution in [0, 0.1) is 0 Å². The fourth-order valence-electron chi connectivity index (χ4n) is 5.45. The molecule has 6 rings (SSSR count). The van der Waals surface area contributed by atoms with E-state index in [0.717, 1.165) is 33.8 Å². The summed E-state index contributed by atoms with van der Waals surface area (Å²) in [5.41, 5.74) is -2.44. The molecule has 2 aromatic heterocycles. The van der Waals surface area contributed by atoms with E-state index in [1.165, 1.54) is 6.07 Å². The minimum absolute atomic E-state index is 0.00513. The van der Waals surface area contributed by atoms with Crippen molar-refractivity contribution in [1.82, 2.24) is 0 Å². The van der Waals surface area contributed by atoms with Crippen LogP contribution in [0.5, 0.6) is 23.0 Å². The van der Waals surface area contributed by atoms with Gasteiger partial charge in [-0.3, -0.25) is 19.2 Å². The summed E-state index contributed by atoms with van der Waals surface area (Å²) in [6, 6.07) is 2.43. The van der Waals surface area contributed by atoms with Crippen LogP contribution in [-0.2, 0) is 42.9 Å². The van der Waals surface area contributed by atoms with Crippen molar-refractivity contribution in [2.75, 3.05) is 13.4 Å². The molecule has 4 aromatic rings. The molecule has 0 unspecified atom stereocenters. The molecule has 0 spiro atoms. The molecule has 0 bridgehead atoms. The lowest BCUT2D eigenvalue weighted by Gasteiger charge is -2.43. The van der Waals surface area contributed by atoms with Crippen LogP contribution in [-0.4, -0.2) is 73.1 Å². The average Bonchev–Trinajstić information content (AvgIpc) is 3.45. The molecular weight excluding hydrogens is 620 g/mol. The largest absolute Gasteiger partial charge is 0.502 e. The van der Waals surface area contributed by atoms with Gasteiger partial charge in [0.15, 0.2) is 34.9 Å². The highest BCUT2D eigenvalue weighted by Crippen LogP contribution is 2.47. The molecule has 4 heterocycles. The molecule has 2 aliphatic rings. The molecule has 2 aromatic carbocycles. The second-order valence-corrected chi connectivity index (χ2v) is 10.3. The van der Waals surface area contributed by atoms with E-state index in [1.807, 2.05) is 0 Å².